The standard InChI is InChI=1S/C12H11Cl2N3S/c1-2-5-15-12-17-16-11(7-18-12)9-4-3-8(13)6-10(9)14/h2-4,6H,1,5,7H2,(H,15,17). The van der Waals surface area contributed by atoms with Crippen molar-refractivity contribution in [3.05, 3.63) is 46.5 Å². The largest absolute Gasteiger partial charge is 0.360 e. The van der Waals surface area contributed by atoms with Crippen LogP contribution in [0.15, 0.2) is 41.1 Å². The summed E-state index contributed by atoms with van der Waals surface area (Å²) >= 11 is 13.6. The number of hydrogen-bond acceptors (Lipinski definition) is 4. The van der Waals surface area contributed by atoms with Crippen LogP contribution in [0.2, 0.25) is 10.0 Å². The summed E-state index contributed by atoms with van der Waals surface area (Å²) in [6.45, 7) is 4.31. The van der Waals surface area contributed by atoms with Crippen molar-refractivity contribution in [1.29, 1.82) is 0 Å². The van der Waals surface area contributed by atoms with E-state index in [-0.39, 0.29) is 0 Å². The first-order chi connectivity index (χ1) is 8.70. The molecule has 1 aliphatic heterocycles. The number of thioether (sulfide) groups is 1. The fourth-order valence-electron chi connectivity index (χ4n) is 1.40. The highest BCUT2D eigenvalue weighted by molar-refractivity contribution is 8.14. The zero-order valence-corrected chi connectivity index (χ0v) is 11.8. The Balaban J connectivity index is 2.18. The zero-order valence-electron chi connectivity index (χ0n) is 9.49. The van der Waals surface area contributed by atoms with Gasteiger partial charge in [0.25, 0.3) is 0 Å². The molecule has 94 valence electrons. The Bertz CT molecular complexity index is 526. The molecule has 18 heavy (non-hydrogen) atoms. The van der Waals surface area contributed by atoms with Crippen LogP contribution in [0.4, 0.5) is 0 Å². The van der Waals surface area contributed by atoms with E-state index in [0.29, 0.717) is 16.6 Å². The molecule has 0 unspecified atom stereocenters. The molecule has 0 bridgehead atoms. The Hall–Kier alpha value is -0.970. The lowest BCUT2D eigenvalue weighted by molar-refractivity contribution is 1.04. The molecular weight excluding hydrogens is 289 g/mol. The fourth-order valence-corrected chi connectivity index (χ4v) is 2.69. The van der Waals surface area contributed by atoms with E-state index in [1.54, 1.807) is 30.0 Å². The number of nitrogens with zero attached hydrogens (tertiary/aromatic N) is 2. The SMILES string of the molecule is C=CCNC1=NN=C(c2ccc(Cl)cc2Cl)CS1. The molecule has 3 nitrogen and oxygen atoms in total. The van der Waals surface area contributed by atoms with Crippen molar-refractivity contribution in [2.45, 2.75) is 0 Å². The van der Waals surface area contributed by atoms with Crippen LogP contribution in [0.25, 0.3) is 0 Å². The van der Waals surface area contributed by atoms with Gasteiger partial charge in [0.05, 0.1) is 10.7 Å². The summed E-state index contributed by atoms with van der Waals surface area (Å²) in [5, 5.41) is 13.4. The second-order valence-electron chi connectivity index (χ2n) is 3.53. The maximum Gasteiger partial charge on any atom is 0.183 e. The van der Waals surface area contributed by atoms with E-state index < -0.39 is 0 Å². The van der Waals surface area contributed by atoms with Crippen LogP contribution in [0.1, 0.15) is 5.56 Å². The molecule has 1 aromatic carbocycles. The highest BCUT2D eigenvalue weighted by Gasteiger charge is 2.14. The number of benzene rings is 1. The highest BCUT2D eigenvalue weighted by Crippen LogP contribution is 2.24. The molecule has 1 aromatic rings. The van der Waals surface area contributed by atoms with Gasteiger partial charge in [-0.3, -0.25) is 0 Å². The van der Waals surface area contributed by atoms with Crippen LogP contribution < -0.4 is 5.32 Å². The van der Waals surface area contributed by atoms with Gasteiger partial charge < -0.3 is 5.32 Å². The molecule has 1 aliphatic rings. The third-order valence-electron chi connectivity index (χ3n) is 2.25. The van der Waals surface area contributed by atoms with Crippen molar-refractivity contribution in [3.8, 4) is 0 Å². The Morgan fingerprint density at radius 2 is 2.22 bits per heavy atom. The van der Waals surface area contributed by atoms with E-state index in [1.165, 1.54) is 0 Å². The van der Waals surface area contributed by atoms with Gasteiger partial charge in [-0.05, 0) is 12.1 Å². The summed E-state index contributed by atoms with van der Waals surface area (Å²) in [5.74, 6) is 0.727. The molecule has 0 fully saturated rings. The fraction of sp³-hybridized carbons (Fsp3) is 0.167. The first-order valence-corrected chi connectivity index (χ1v) is 7.02. The average Bonchev–Trinajstić information content (AvgIpc) is 2.37. The molecule has 0 aromatic heterocycles. The van der Waals surface area contributed by atoms with Gasteiger partial charge in [0.15, 0.2) is 5.17 Å². The van der Waals surface area contributed by atoms with Crippen molar-refractivity contribution in [2.24, 2.45) is 10.2 Å². The minimum atomic E-state index is 0.597. The number of amidine groups is 1. The molecule has 1 heterocycles. The molecule has 0 radical (unpaired) electrons. The molecular formula is C12H11Cl2N3S. The van der Waals surface area contributed by atoms with Crippen molar-refractivity contribution >= 4 is 45.8 Å². The third kappa shape index (κ3) is 3.28. The number of halogens is 2. The minimum absolute atomic E-state index is 0.597. The third-order valence-corrected chi connectivity index (χ3v) is 3.71. The Morgan fingerprint density at radius 3 is 2.83 bits per heavy atom. The number of hydrogen-bond donors (Lipinski definition) is 1. The van der Waals surface area contributed by atoms with Gasteiger partial charge in [0, 0.05) is 22.9 Å². The highest BCUT2D eigenvalue weighted by atomic mass is 35.5. The van der Waals surface area contributed by atoms with Crippen LogP contribution >= 0.6 is 35.0 Å². The predicted octanol–water partition coefficient (Wildman–Crippen LogP) is 3.58. The molecule has 0 saturated heterocycles. The molecule has 0 atom stereocenters. The van der Waals surface area contributed by atoms with Crippen LogP contribution in [-0.4, -0.2) is 23.2 Å². The second kappa shape index (κ2) is 6.27. The van der Waals surface area contributed by atoms with E-state index in [4.69, 9.17) is 23.2 Å². The topological polar surface area (TPSA) is 36.8 Å². The maximum absolute atomic E-state index is 6.13. The zero-order chi connectivity index (χ0) is 13.0. The normalized spacial score (nSPS) is 14.8. The molecule has 0 saturated carbocycles. The quantitative estimate of drug-likeness (QED) is 0.866. The van der Waals surface area contributed by atoms with E-state index in [1.807, 2.05) is 6.07 Å². The van der Waals surface area contributed by atoms with Crippen molar-refractivity contribution in [2.75, 3.05) is 12.3 Å². The van der Waals surface area contributed by atoms with Gasteiger partial charge in [0.1, 0.15) is 0 Å². The molecule has 6 heteroatoms. The Labute approximate surface area is 120 Å². The maximum atomic E-state index is 6.13. The summed E-state index contributed by atoms with van der Waals surface area (Å²) in [4.78, 5) is 0. The van der Waals surface area contributed by atoms with Crippen molar-refractivity contribution in [3.63, 3.8) is 0 Å². The first kappa shape index (κ1) is 13.5. The number of nitrogens with one attached hydrogen (secondary N) is 1. The molecule has 0 aliphatic carbocycles. The van der Waals surface area contributed by atoms with Crippen LogP contribution in [0.5, 0.6) is 0 Å². The molecule has 2 rings (SSSR count). The van der Waals surface area contributed by atoms with Gasteiger partial charge in [0.2, 0.25) is 0 Å². The van der Waals surface area contributed by atoms with Gasteiger partial charge >= 0.3 is 0 Å². The van der Waals surface area contributed by atoms with E-state index in [2.05, 4.69) is 22.1 Å². The Kier molecular flexibility index (Phi) is 4.69. The van der Waals surface area contributed by atoms with E-state index in [0.717, 1.165) is 22.2 Å². The van der Waals surface area contributed by atoms with E-state index in [9.17, 15) is 0 Å². The van der Waals surface area contributed by atoms with Crippen LogP contribution in [-0.2, 0) is 0 Å². The minimum Gasteiger partial charge on any atom is -0.360 e. The van der Waals surface area contributed by atoms with Gasteiger partial charge in [-0.15, -0.1) is 11.7 Å². The van der Waals surface area contributed by atoms with Gasteiger partial charge in [-0.25, -0.2) is 0 Å². The summed E-state index contributed by atoms with van der Waals surface area (Å²) in [6.07, 6.45) is 1.78. The molecule has 0 spiro atoms. The van der Waals surface area contributed by atoms with Crippen molar-refractivity contribution < 1.29 is 0 Å². The monoisotopic (exact) mass is 299 g/mol. The van der Waals surface area contributed by atoms with Gasteiger partial charge in [-0.2, -0.15) is 5.10 Å². The van der Waals surface area contributed by atoms with Crippen LogP contribution in [0, 0.1) is 0 Å². The van der Waals surface area contributed by atoms with Crippen LogP contribution in [0.3, 0.4) is 0 Å². The average molecular weight is 300 g/mol. The summed E-state index contributed by atoms with van der Waals surface area (Å²) in [5.41, 5.74) is 1.73. The second-order valence-corrected chi connectivity index (χ2v) is 5.34. The molecule has 0 amide bonds. The number of rotatable bonds is 3. The summed E-state index contributed by atoms with van der Waals surface area (Å²) < 4.78 is 0. The Morgan fingerprint density at radius 1 is 1.39 bits per heavy atom. The lowest BCUT2D eigenvalue weighted by Gasteiger charge is -2.13. The summed E-state index contributed by atoms with van der Waals surface area (Å²) in [6, 6.07) is 5.37. The van der Waals surface area contributed by atoms with Crippen molar-refractivity contribution in [1.82, 2.24) is 5.32 Å². The molecule has 1 N–H and O–H groups in total. The lowest BCUT2D eigenvalue weighted by atomic mass is 10.1. The van der Waals surface area contributed by atoms with E-state index >= 15 is 0 Å². The van der Waals surface area contributed by atoms with Gasteiger partial charge in [-0.1, -0.05) is 47.1 Å². The first-order valence-electron chi connectivity index (χ1n) is 5.28. The lowest BCUT2D eigenvalue weighted by Crippen LogP contribution is -2.24. The summed E-state index contributed by atoms with van der Waals surface area (Å²) in [7, 11) is 0. The smallest absolute Gasteiger partial charge is 0.183 e. The predicted molar refractivity (Wildman–Crippen MR) is 81.1 cm³/mol.